The lowest BCUT2D eigenvalue weighted by Gasteiger charge is -2.15. The molecule has 0 saturated heterocycles. The van der Waals surface area contributed by atoms with Gasteiger partial charge in [0.05, 0.1) is 18.9 Å². The van der Waals surface area contributed by atoms with Crippen LogP contribution in [0.2, 0.25) is 0 Å². The van der Waals surface area contributed by atoms with E-state index in [2.05, 4.69) is 10.1 Å². The van der Waals surface area contributed by atoms with E-state index in [-0.39, 0.29) is 18.2 Å². The fourth-order valence-electron chi connectivity index (χ4n) is 2.49. The molecule has 0 aliphatic rings. The van der Waals surface area contributed by atoms with Gasteiger partial charge in [-0.15, -0.1) is 0 Å². The third kappa shape index (κ3) is 4.93. The molecule has 0 aliphatic heterocycles. The maximum absolute atomic E-state index is 13.0. The summed E-state index contributed by atoms with van der Waals surface area (Å²) in [4.78, 5) is 4.25. The molecule has 7 nitrogen and oxygen atoms in total. The van der Waals surface area contributed by atoms with Gasteiger partial charge >= 0.3 is 0 Å². The van der Waals surface area contributed by atoms with E-state index in [0.717, 1.165) is 15.6 Å². The third-order valence-electron chi connectivity index (χ3n) is 3.99. The predicted molar refractivity (Wildman–Crippen MR) is 101 cm³/mol. The zero-order valence-electron chi connectivity index (χ0n) is 15.5. The van der Waals surface area contributed by atoms with Crippen molar-refractivity contribution in [3.8, 4) is 17.1 Å². The number of nitrogens with zero attached hydrogens (tertiary/aromatic N) is 3. The Morgan fingerprint density at radius 1 is 1.11 bits per heavy atom. The minimum absolute atomic E-state index is 0.0619. The van der Waals surface area contributed by atoms with E-state index < -0.39 is 15.8 Å². The van der Waals surface area contributed by atoms with Gasteiger partial charge in [-0.1, -0.05) is 17.3 Å². The molecule has 1 heterocycles. The second-order valence-corrected chi connectivity index (χ2v) is 8.18. The molecule has 0 amide bonds. The Balaban J connectivity index is 1.67. The zero-order valence-corrected chi connectivity index (χ0v) is 16.3. The highest BCUT2D eigenvalue weighted by atomic mass is 32.2. The number of rotatable bonds is 8. The third-order valence-corrected chi connectivity index (χ3v) is 5.76. The summed E-state index contributed by atoms with van der Waals surface area (Å²) < 4.78 is 49.7. The standard InChI is InChI=1S/C19H20FN3O4S/c1-3-26-17-10-6-15(7-11-17)19-21-18(27-22-19)12-23(2)28(24,25)13-14-4-8-16(20)9-5-14/h4-11H,3,12-13H2,1-2H3. The minimum atomic E-state index is -3.63. The second-order valence-electron chi connectivity index (χ2n) is 6.11. The highest BCUT2D eigenvalue weighted by Gasteiger charge is 2.21. The van der Waals surface area contributed by atoms with E-state index in [0.29, 0.717) is 18.0 Å². The Kier molecular flexibility index (Phi) is 6.05. The number of hydrogen-bond acceptors (Lipinski definition) is 6. The molecule has 1 aromatic heterocycles. The molecule has 0 N–H and O–H groups in total. The van der Waals surface area contributed by atoms with Gasteiger partial charge in [0.15, 0.2) is 0 Å². The van der Waals surface area contributed by atoms with Crippen molar-refractivity contribution in [3.63, 3.8) is 0 Å². The summed E-state index contributed by atoms with van der Waals surface area (Å²) in [6, 6.07) is 12.5. The van der Waals surface area contributed by atoms with Crippen molar-refractivity contribution < 1.29 is 22.1 Å². The van der Waals surface area contributed by atoms with Crippen LogP contribution in [-0.4, -0.2) is 36.5 Å². The average molecular weight is 405 g/mol. The van der Waals surface area contributed by atoms with Crippen LogP contribution in [0, 0.1) is 5.82 Å². The lowest BCUT2D eigenvalue weighted by atomic mass is 10.2. The van der Waals surface area contributed by atoms with Gasteiger partial charge in [0.1, 0.15) is 11.6 Å². The summed E-state index contributed by atoms with van der Waals surface area (Å²) in [5.41, 5.74) is 1.23. The van der Waals surface area contributed by atoms with Crippen molar-refractivity contribution in [1.29, 1.82) is 0 Å². The van der Waals surface area contributed by atoms with Gasteiger partial charge in [0.25, 0.3) is 0 Å². The lowest BCUT2D eigenvalue weighted by Crippen LogP contribution is -2.27. The molecule has 9 heteroatoms. The highest BCUT2D eigenvalue weighted by Crippen LogP contribution is 2.21. The molecule has 0 radical (unpaired) electrons. The fraction of sp³-hybridized carbons (Fsp3) is 0.263. The molecule has 148 valence electrons. The largest absolute Gasteiger partial charge is 0.494 e. The van der Waals surface area contributed by atoms with Gasteiger partial charge in [-0.25, -0.2) is 12.8 Å². The minimum Gasteiger partial charge on any atom is -0.494 e. The molecule has 3 rings (SSSR count). The van der Waals surface area contributed by atoms with Gasteiger partial charge in [-0.05, 0) is 48.9 Å². The average Bonchev–Trinajstić information content (AvgIpc) is 3.13. The van der Waals surface area contributed by atoms with Crippen LogP contribution in [0.15, 0.2) is 53.1 Å². The van der Waals surface area contributed by atoms with E-state index in [4.69, 9.17) is 9.26 Å². The summed E-state index contributed by atoms with van der Waals surface area (Å²) in [7, 11) is -2.19. The second kappa shape index (κ2) is 8.49. The Bertz CT molecular complexity index is 1020. The summed E-state index contributed by atoms with van der Waals surface area (Å²) in [6.45, 7) is 2.41. The quantitative estimate of drug-likeness (QED) is 0.572. The first kappa shape index (κ1) is 20.0. The van der Waals surface area contributed by atoms with Gasteiger partial charge in [0.2, 0.25) is 21.7 Å². The molecule has 0 saturated carbocycles. The maximum Gasteiger partial charge on any atom is 0.242 e. The zero-order chi connectivity index (χ0) is 20.1. The number of benzene rings is 2. The van der Waals surface area contributed by atoms with Crippen molar-refractivity contribution in [1.82, 2.24) is 14.4 Å². The molecule has 2 aromatic carbocycles. The van der Waals surface area contributed by atoms with Crippen molar-refractivity contribution in [2.24, 2.45) is 0 Å². The van der Waals surface area contributed by atoms with Crippen molar-refractivity contribution >= 4 is 10.0 Å². The van der Waals surface area contributed by atoms with Crippen LogP contribution in [0.25, 0.3) is 11.4 Å². The maximum atomic E-state index is 13.0. The van der Waals surface area contributed by atoms with Gasteiger partial charge in [0, 0.05) is 12.6 Å². The number of halogens is 1. The summed E-state index contributed by atoms with van der Waals surface area (Å²) in [5, 5.41) is 3.90. The fourth-order valence-corrected chi connectivity index (χ4v) is 3.63. The molecule has 0 unspecified atom stereocenters. The molecule has 0 fully saturated rings. The van der Waals surface area contributed by atoms with Crippen molar-refractivity contribution in [2.75, 3.05) is 13.7 Å². The monoisotopic (exact) mass is 405 g/mol. The lowest BCUT2D eigenvalue weighted by molar-refractivity contribution is 0.336. The first-order chi connectivity index (χ1) is 13.4. The highest BCUT2D eigenvalue weighted by molar-refractivity contribution is 7.88. The molecule has 0 bridgehead atoms. The molecule has 0 aliphatic carbocycles. The Labute approximate surface area is 162 Å². The van der Waals surface area contributed by atoms with Gasteiger partial charge < -0.3 is 9.26 Å². The van der Waals surface area contributed by atoms with E-state index in [1.165, 1.54) is 31.3 Å². The summed E-state index contributed by atoms with van der Waals surface area (Å²) in [6.07, 6.45) is 0. The predicted octanol–water partition coefficient (Wildman–Crippen LogP) is 3.24. The van der Waals surface area contributed by atoms with Gasteiger partial charge in [-0.3, -0.25) is 0 Å². The van der Waals surface area contributed by atoms with E-state index >= 15 is 0 Å². The summed E-state index contributed by atoms with van der Waals surface area (Å²) >= 11 is 0. The first-order valence-electron chi connectivity index (χ1n) is 8.61. The molecule has 28 heavy (non-hydrogen) atoms. The van der Waals surface area contributed by atoms with Crippen LogP contribution in [-0.2, 0) is 22.3 Å². The van der Waals surface area contributed by atoms with Crippen LogP contribution in [0.4, 0.5) is 4.39 Å². The van der Waals surface area contributed by atoms with Crippen molar-refractivity contribution in [2.45, 2.75) is 19.2 Å². The molecule has 0 atom stereocenters. The topological polar surface area (TPSA) is 85.5 Å². The Morgan fingerprint density at radius 2 is 1.79 bits per heavy atom. The smallest absolute Gasteiger partial charge is 0.242 e. The molecular weight excluding hydrogens is 385 g/mol. The number of aromatic nitrogens is 2. The van der Waals surface area contributed by atoms with E-state index in [9.17, 15) is 12.8 Å². The summed E-state index contributed by atoms with van der Waals surface area (Å²) in [5.74, 6) is 0.615. The van der Waals surface area contributed by atoms with Crippen LogP contribution < -0.4 is 4.74 Å². The Hall–Kier alpha value is -2.78. The van der Waals surface area contributed by atoms with Crippen LogP contribution in [0.3, 0.4) is 0 Å². The first-order valence-corrected chi connectivity index (χ1v) is 10.2. The van der Waals surface area contributed by atoms with Gasteiger partial charge in [-0.2, -0.15) is 9.29 Å². The normalized spacial score (nSPS) is 11.7. The van der Waals surface area contributed by atoms with Crippen LogP contribution in [0.5, 0.6) is 5.75 Å². The number of hydrogen-bond donors (Lipinski definition) is 0. The van der Waals surface area contributed by atoms with Crippen LogP contribution in [0.1, 0.15) is 18.4 Å². The van der Waals surface area contributed by atoms with Crippen molar-refractivity contribution in [3.05, 3.63) is 65.8 Å². The SMILES string of the molecule is CCOc1ccc(-c2noc(CN(C)S(=O)(=O)Cc3ccc(F)cc3)n2)cc1. The molecule has 0 spiro atoms. The molecule has 3 aromatic rings. The molecular formula is C19H20FN3O4S. The van der Waals surface area contributed by atoms with E-state index in [1.54, 1.807) is 24.3 Å². The number of sulfonamides is 1. The van der Waals surface area contributed by atoms with Crippen LogP contribution >= 0.6 is 0 Å². The Morgan fingerprint density at radius 3 is 2.43 bits per heavy atom. The van der Waals surface area contributed by atoms with E-state index in [1.807, 2.05) is 6.92 Å². The number of ether oxygens (including phenoxy) is 1.